The SMILES string of the molecule is CC(N)(O)c1ccc(N(Cc2ccccc2)S(C)(=O)=O)cc1. The molecule has 2 aromatic rings. The molecule has 0 radical (unpaired) electrons. The van der Waals surface area contributed by atoms with E-state index >= 15 is 0 Å². The number of hydrogen-bond acceptors (Lipinski definition) is 4. The highest BCUT2D eigenvalue weighted by atomic mass is 32.2. The van der Waals surface area contributed by atoms with Gasteiger partial charge in [0.2, 0.25) is 10.0 Å². The van der Waals surface area contributed by atoms with Crippen molar-refractivity contribution in [2.75, 3.05) is 10.6 Å². The Morgan fingerprint density at radius 2 is 1.64 bits per heavy atom. The molecule has 0 aliphatic heterocycles. The smallest absolute Gasteiger partial charge is 0.232 e. The normalized spacial score (nSPS) is 14.4. The Morgan fingerprint density at radius 3 is 2.09 bits per heavy atom. The van der Waals surface area contributed by atoms with Crippen LogP contribution in [-0.4, -0.2) is 19.8 Å². The van der Waals surface area contributed by atoms with E-state index in [1.54, 1.807) is 24.3 Å². The average Bonchev–Trinajstić information content (AvgIpc) is 2.44. The minimum atomic E-state index is -3.42. The summed E-state index contributed by atoms with van der Waals surface area (Å²) >= 11 is 0. The third-order valence-electron chi connectivity index (χ3n) is 3.31. The second-order valence-corrected chi connectivity index (χ2v) is 7.36. The molecule has 0 fully saturated rings. The predicted molar refractivity (Wildman–Crippen MR) is 87.7 cm³/mol. The van der Waals surface area contributed by atoms with Gasteiger partial charge in [-0.05, 0) is 30.2 Å². The first-order valence-corrected chi connectivity index (χ1v) is 8.66. The molecule has 0 spiro atoms. The van der Waals surface area contributed by atoms with Crippen molar-refractivity contribution in [2.45, 2.75) is 19.2 Å². The molecule has 0 bridgehead atoms. The molecular formula is C16H20N2O3S. The van der Waals surface area contributed by atoms with Crippen LogP contribution in [0, 0.1) is 0 Å². The first-order chi connectivity index (χ1) is 10.2. The molecule has 1 atom stereocenters. The van der Waals surface area contributed by atoms with Crippen LogP contribution in [0.5, 0.6) is 0 Å². The lowest BCUT2D eigenvalue weighted by Crippen LogP contribution is -2.32. The highest BCUT2D eigenvalue weighted by Crippen LogP contribution is 2.23. The van der Waals surface area contributed by atoms with Crippen molar-refractivity contribution in [3.8, 4) is 0 Å². The van der Waals surface area contributed by atoms with Crippen molar-refractivity contribution >= 4 is 15.7 Å². The lowest BCUT2D eigenvalue weighted by molar-refractivity contribution is 0.0647. The molecule has 5 nitrogen and oxygen atoms in total. The molecule has 6 heteroatoms. The van der Waals surface area contributed by atoms with E-state index in [9.17, 15) is 13.5 Å². The van der Waals surface area contributed by atoms with E-state index < -0.39 is 15.7 Å². The molecule has 0 amide bonds. The van der Waals surface area contributed by atoms with Crippen molar-refractivity contribution < 1.29 is 13.5 Å². The van der Waals surface area contributed by atoms with E-state index in [-0.39, 0.29) is 6.54 Å². The van der Waals surface area contributed by atoms with Crippen LogP contribution >= 0.6 is 0 Å². The summed E-state index contributed by atoms with van der Waals surface area (Å²) < 4.78 is 25.5. The highest BCUT2D eigenvalue weighted by molar-refractivity contribution is 7.92. The minimum Gasteiger partial charge on any atom is -0.372 e. The first-order valence-electron chi connectivity index (χ1n) is 6.81. The summed E-state index contributed by atoms with van der Waals surface area (Å²) in [6, 6.07) is 15.9. The number of rotatable bonds is 5. The number of aliphatic hydroxyl groups is 1. The van der Waals surface area contributed by atoms with Crippen LogP contribution in [0.25, 0.3) is 0 Å². The number of sulfonamides is 1. The van der Waals surface area contributed by atoms with E-state index in [2.05, 4.69) is 0 Å². The van der Waals surface area contributed by atoms with Gasteiger partial charge in [-0.25, -0.2) is 8.42 Å². The molecule has 0 aromatic heterocycles. The molecule has 3 N–H and O–H groups in total. The van der Waals surface area contributed by atoms with Crippen molar-refractivity contribution in [3.63, 3.8) is 0 Å². The van der Waals surface area contributed by atoms with Gasteiger partial charge in [0.05, 0.1) is 18.5 Å². The van der Waals surface area contributed by atoms with Crippen molar-refractivity contribution in [1.29, 1.82) is 0 Å². The topological polar surface area (TPSA) is 83.6 Å². The van der Waals surface area contributed by atoms with Gasteiger partial charge in [-0.15, -0.1) is 0 Å². The maximum Gasteiger partial charge on any atom is 0.232 e. The molecule has 1 unspecified atom stereocenters. The largest absolute Gasteiger partial charge is 0.372 e. The fraction of sp³-hybridized carbons (Fsp3) is 0.250. The molecule has 0 aliphatic carbocycles. The fourth-order valence-electron chi connectivity index (χ4n) is 2.11. The maximum absolute atomic E-state index is 12.1. The van der Waals surface area contributed by atoms with Crippen LogP contribution in [0.1, 0.15) is 18.1 Å². The van der Waals surface area contributed by atoms with E-state index in [0.29, 0.717) is 11.3 Å². The molecule has 22 heavy (non-hydrogen) atoms. The van der Waals surface area contributed by atoms with Gasteiger partial charge in [0.25, 0.3) is 0 Å². The zero-order valence-electron chi connectivity index (χ0n) is 12.6. The summed E-state index contributed by atoms with van der Waals surface area (Å²) in [5.41, 5.74) is 6.10. The van der Waals surface area contributed by atoms with Crippen molar-refractivity contribution in [2.24, 2.45) is 5.73 Å². The van der Waals surface area contributed by atoms with Crippen LogP contribution in [-0.2, 0) is 22.3 Å². The zero-order valence-corrected chi connectivity index (χ0v) is 13.4. The predicted octanol–water partition coefficient (Wildman–Crippen LogP) is 1.78. The Labute approximate surface area is 131 Å². The molecule has 0 saturated heterocycles. The van der Waals surface area contributed by atoms with Crippen molar-refractivity contribution in [3.05, 3.63) is 65.7 Å². The second kappa shape index (κ2) is 6.08. The Hall–Kier alpha value is -1.89. The van der Waals surface area contributed by atoms with Crippen molar-refractivity contribution in [1.82, 2.24) is 0 Å². The van der Waals surface area contributed by atoms with Gasteiger partial charge in [-0.2, -0.15) is 0 Å². The highest BCUT2D eigenvalue weighted by Gasteiger charge is 2.20. The van der Waals surface area contributed by atoms with Gasteiger partial charge >= 0.3 is 0 Å². The monoisotopic (exact) mass is 320 g/mol. The summed E-state index contributed by atoms with van der Waals surface area (Å²) in [7, 11) is -3.42. The van der Waals surface area contributed by atoms with E-state index in [1.807, 2.05) is 30.3 Å². The van der Waals surface area contributed by atoms with Gasteiger partial charge in [-0.3, -0.25) is 4.31 Å². The van der Waals surface area contributed by atoms with Crippen LogP contribution in [0.15, 0.2) is 54.6 Å². The standard InChI is InChI=1S/C16H20N2O3S/c1-16(17,19)14-8-10-15(11-9-14)18(22(2,20)21)12-13-6-4-3-5-7-13/h3-11,19H,12,17H2,1-2H3. The molecule has 0 aliphatic rings. The van der Waals surface area contributed by atoms with E-state index in [0.717, 1.165) is 5.56 Å². The quantitative estimate of drug-likeness (QED) is 0.823. The molecule has 2 rings (SSSR count). The Morgan fingerprint density at radius 1 is 1.09 bits per heavy atom. The second-order valence-electron chi connectivity index (χ2n) is 5.45. The maximum atomic E-state index is 12.1. The van der Waals surface area contributed by atoms with Crippen LogP contribution in [0.2, 0.25) is 0 Å². The zero-order chi connectivity index (χ0) is 16.4. The van der Waals surface area contributed by atoms with E-state index in [1.165, 1.54) is 17.5 Å². The number of nitrogens with two attached hydrogens (primary N) is 1. The number of benzene rings is 2. The van der Waals surface area contributed by atoms with Crippen LogP contribution in [0.3, 0.4) is 0 Å². The summed E-state index contributed by atoms with van der Waals surface area (Å²) in [6.45, 7) is 1.72. The fourth-order valence-corrected chi connectivity index (χ4v) is 3.00. The number of anilines is 1. The Bertz CT molecular complexity index is 720. The van der Waals surface area contributed by atoms with Crippen LogP contribution < -0.4 is 10.0 Å². The Kier molecular flexibility index (Phi) is 4.55. The van der Waals surface area contributed by atoms with Gasteiger partial charge in [0, 0.05) is 0 Å². The molecule has 0 heterocycles. The molecular weight excluding hydrogens is 300 g/mol. The lowest BCUT2D eigenvalue weighted by Gasteiger charge is -2.24. The van der Waals surface area contributed by atoms with E-state index in [4.69, 9.17) is 5.73 Å². The number of nitrogens with zero attached hydrogens (tertiary/aromatic N) is 1. The molecule has 118 valence electrons. The Balaban J connectivity index is 2.35. The third kappa shape index (κ3) is 4.07. The lowest BCUT2D eigenvalue weighted by atomic mass is 10.1. The summed E-state index contributed by atoms with van der Waals surface area (Å²) in [4.78, 5) is 0. The molecule has 0 saturated carbocycles. The summed E-state index contributed by atoms with van der Waals surface area (Å²) in [6.07, 6.45) is 1.17. The minimum absolute atomic E-state index is 0.248. The van der Waals surface area contributed by atoms with Gasteiger partial charge in [0.15, 0.2) is 0 Å². The van der Waals surface area contributed by atoms with Gasteiger partial charge in [-0.1, -0.05) is 42.5 Å². The summed E-state index contributed by atoms with van der Waals surface area (Å²) in [5.74, 6) is 0. The first kappa shape index (κ1) is 16.5. The molecule has 2 aromatic carbocycles. The average molecular weight is 320 g/mol. The number of hydrogen-bond donors (Lipinski definition) is 2. The van der Waals surface area contributed by atoms with Gasteiger partial charge < -0.3 is 10.8 Å². The summed E-state index contributed by atoms with van der Waals surface area (Å²) in [5, 5.41) is 9.76. The van der Waals surface area contributed by atoms with Crippen LogP contribution in [0.4, 0.5) is 5.69 Å². The third-order valence-corrected chi connectivity index (χ3v) is 4.45. The van der Waals surface area contributed by atoms with Gasteiger partial charge in [0.1, 0.15) is 5.72 Å².